The van der Waals surface area contributed by atoms with Crippen molar-refractivity contribution in [3.8, 4) is 11.5 Å². The zero-order valence-corrected chi connectivity index (χ0v) is 13.8. The molecule has 0 aliphatic heterocycles. The van der Waals surface area contributed by atoms with Crippen LogP contribution in [0.4, 0.5) is 10.2 Å². The minimum absolute atomic E-state index is 0.0924. The van der Waals surface area contributed by atoms with Gasteiger partial charge in [-0.3, -0.25) is 9.78 Å². The van der Waals surface area contributed by atoms with Gasteiger partial charge in [0.1, 0.15) is 23.0 Å². The van der Waals surface area contributed by atoms with Gasteiger partial charge >= 0.3 is 0 Å². The number of aromatic nitrogens is 3. The van der Waals surface area contributed by atoms with Crippen LogP contribution >= 0.6 is 11.6 Å². The minimum atomic E-state index is -0.688. The van der Waals surface area contributed by atoms with Gasteiger partial charge < -0.3 is 10.1 Å². The Morgan fingerprint density at radius 3 is 2.76 bits per heavy atom. The number of carbonyl (C=O) groups excluding carboxylic acids is 1. The first kappa shape index (κ1) is 16.8. The maximum atomic E-state index is 13.1. The van der Waals surface area contributed by atoms with Gasteiger partial charge in [0, 0.05) is 30.1 Å². The number of pyridine rings is 3. The molecule has 0 saturated heterocycles. The monoisotopic (exact) mass is 358 g/mol. The standard InChI is InChI=1S/C17H12ClFN4O2/c1-10-5-12(25-13-6-11(18)8-20-9-13)7-14(21-10)17(24)23-16-4-2-3-15(19)22-16/h2-9H,1H3,(H,22,23,24). The summed E-state index contributed by atoms with van der Waals surface area (Å²) in [6, 6.07) is 8.83. The van der Waals surface area contributed by atoms with E-state index in [1.807, 2.05) is 0 Å². The van der Waals surface area contributed by atoms with E-state index >= 15 is 0 Å². The van der Waals surface area contributed by atoms with Crippen molar-refractivity contribution in [2.24, 2.45) is 0 Å². The zero-order chi connectivity index (χ0) is 17.8. The summed E-state index contributed by atoms with van der Waals surface area (Å²) in [5, 5.41) is 2.91. The molecule has 0 aliphatic rings. The summed E-state index contributed by atoms with van der Waals surface area (Å²) in [5.74, 6) is -0.302. The molecule has 0 unspecified atom stereocenters. The Balaban J connectivity index is 1.82. The first-order valence-electron chi connectivity index (χ1n) is 7.20. The lowest BCUT2D eigenvalue weighted by Crippen LogP contribution is -2.15. The van der Waals surface area contributed by atoms with Crippen molar-refractivity contribution in [2.45, 2.75) is 6.92 Å². The van der Waals surface area contributed by atoms with Gasteiger partial charge in [-0.05, 0) is 19.1 Å². The molecular formula is C17H12ClFN4O2. The highest BCUT2D eigenvalue weighted by molar-refractivity contribution is 6.30. The molecule has 0 bridgehead atoms. The van der Waals surface area contributed by atoms with Crippen LogP contribution in [0.3, 0.4) is 0 Å². The molecule has 3 rings (SSSR count). The molecule has 3 heterocycles. The molecular weight excluding hydrogens is 347 g/mol. The van der Waals surface area contributed by atoms with Gasteiger partial charge in [0.25, 0.3) is 5.91 Å². The Bertz CT molecular complexity index is 936. The zero-order valence-electron chi connectivity index (χ0n) is 13.0. The SMILES string of the molecule is Cc1cc(Oc2cncc(Cl)c2)cc(C(=O)Nc2cccc(F)n2)n1. The molecule has 3 aromatic rings. The molecule has 3 aromatic heterocycles. The van der Waals surface area contributed by atoms with Gasteiger partial charge in [-0.25, -0.2) is 9.97 Å². The van der Waals surface area contributed by atoms with Gasteiger partial charge in [0.2, 0.25) is 5.95 Å². The van der Waals surface area contributed by atoms with E-state index in [1.165, 1.54) is 36.7 Å². The van der Waals surface area contributed by atoms with Crippen LogP contribution in [0.5, 0.6) is 11.5 Å². The Morgan fingerprint density at radius 1 is 1.16 bits per heavy atom. The van der Waals surface area contributed by atoms with E-state index in [-0.39, 0.29) is 11.5 Å². The predicted octanol–water partition coefficient (Wildman–Crippen LogP) is 4.02. The molecule has 0 aliphatic carbocycles. The van der Waals surface area contributed by atoms with Crippen LogP contribution in [-0.4, -0.2) is 20.9 Å². The summed E-state index contributed by atoms with van der Waals surface area (Å²) in [6.45, 7) is 1.72. The summed E-state index contributed by atoms with van der Waals surface area (Å²) >= 11 is 5.87. The average Bonchev–Trinajstić information content (AvgIpc) is 2.54. The molecule has 0 spiro atoms. The Kier molecular flexibility index (Phi) is 4.85. The minimum Gasteiger partial charge on any atom is -0.456 e. The number of ether oxygens (including phenoxy) is 1. The fourth-order valence-corrected chi connectivity index (χ4v) is 2.22. The first-order valence-corrected chi connectivity index (χ1v) is 7.58. The fourth-order valence-electron chi connectivity index (χ4n) is 2.05. The number of rotatable bonds is 4. The van der Waals surface area contributed by atoms with Crippen LogP contribution in [-0.2, 0) is 0 Å². The van der Waals surface area contributed by atoms with Crippen LogP contribution in [0.2, 0.25) is 5.02 Å². The lowest BCUT2D eigenvalue weighted by molar-refractivity contribution is 0.102. The number of nitrogens with zero attached hydrogens (tertiary/aromatic N) is 3. The van der Waals surface area contributed by atoms with Crippen LogP contribution in [0.1, 0.15) is 16.2 Å². The van der Waals surface area contributed by atoms with Gasteiger partial charge in [-0.2, -0.15) is 4.39 Å². The van der Waals surface area contributed by atoms with Crippen molar-refractivity contribution in [2.75, 3.05) is 5.32 Å². The summed E-state index contributed by atoms with van der Waals surface area (Å²) in [5.41, 5.74) is 0.681. The van der Waals surface area contributed by atoms with Gasteiger partial charge in [0.15, 0.2) is 0 Å². The third-order valence-corrected chi connectivity index (χ3v) is 3.24. The number of aryl methyl sites for hydroxylation is 1. The topological polar surface area (TPSA) is 77.0 Å². The van der Waals surface area contributed by atoms with Gasteiger partial charge in [0.05, 0.1) is 11.2 Å². The summed E-state index contributed by atoms with van der Waals surface area (Å²) in [7, 11) is 0. The van der Waals surface area contributed by atoms with Crippen molar-refractivity contribution in [3.63, 3.8) is 0 Å². The summed E-state index contributed by atoms with van der Waals surface area (Å²) < 4.78 is 18.8. The third kappa shape index (κ3) is 4.48. The number of hydrogen-bond donors (Lipinski definition) is 1. The van der Waals surface area contributed by atoms with Gasteiger partial charge in [-0.1, -0.05) is 17.7 Å². The van der Waals surface area contributed by atoms with Gasteiger partial charge in [-0.15, -0.1) is 0 Å². The first-order chi connectivity index (χ1) is 12.0. The molecule has 0 aromatic carbocycles. The highest BCUT2D eigenvalue weighted by Gasteiger charge is 2.12. The Labute approximate surface area is 147 Å². The number of carbonyl (C=O) groups is 1. The van der Waals surface area contributed by atoms with E-state index in [4.69, 9.17) is 16.3 Å². The van der Waals surface area contributed by atoms with Crippen molar-refractivity contribution in [1.29, 1.82) is 0 Å². The fraction of sp³-hybridized carbons (Fsp3) is 0.0588. The highest BCUT2D eigenvalue weighted by atomic mass is 35.5. The van der Waals surface area contributed by atoms with E-state index < -0.39 is 11.9 Å². The molecule has 8 heteroatoms. The second-order valence-corrected chi connectivity index (χ2v) is 5.51. The second kappa shape index (κ2) is 7.23. The van der Waals surface area contributed by atoms with Crippen LogP contribution in [0, 0.1) is 12.9 Å². The molecule has 0 fully saturated rings. The van der Waals surface area contributed by atoms with Crippen molar-refractivity contribution in [3.05, 3.63) is 71.2 Å². The van der Waals surface area contributed by atoms with E-state index in [1.54, 1.807) is 19.1 Å². The summed E-state index contributed by atoms with van der Waals surface area (Å²) in [4.78, 5) is 24.0. The van der Waals surface area contributed by atoms with Crippen molar-refractivity contribution >= 4 is 23.3 Å². The largest absolute Gasteiger partial charge is 0.456 e. The Morgan fingerprint density at radius 2 is 2.00 bits per heavy atom. The molecule has 1 N–H and O–H groups in total. The highest BCUT2D eigenvalue weighted by Crippen LogP contribution is 2.24. The number of amides is 1. The Hall–Kier alpha value is -3.06. The smallest absolute Gasteiger partial charge is 0.275 e. The third-order valence-electron chi connectivity index (χ3n) is 3.03. The maximum Gasteiger partial charge on any atom is 0.275 e. The second-order valence-electron chi connectivity index (χ2n) is 5.07. The van der Waals surface area contributed by atoms with E-state index in [0.717, 1.165) is 0 Å². The number of nitrogens with one attached hydrogen (secondary N) is 1. The molecule has 0 saturated carbocycles. The van der Waals surface area contributed by atoms with E-state index in [9.17, 15) is 9.18 Å². The molecule has 0 atom stereocenters. The lowest BCUT2D eigenvalue weighted by Gasteiger charge is -2.09. The molecule has 126 valence electrons. The molecule has 25 heavy (non-hydrogen) atoms. The number of anilines is 1. The van der Waals surface area contributed by atoms with Crippen molar-refractivity contribution in [1.82, 2.24) is 15.0 Å². The van der Waals surface area contributed by atoms with Crippen molar-refractivity contribution < 1.29 is 13.9 Å². The average molecular weight is 359 g/mol. The summed E-state index contributed by atoms with van der Waals surface area (Å²) in [6.07, 6.45) is 2.98. The maximum absolute atomic E-state index is 13.1. The molecule has 0 radical (unpaired) electrons. The van der Waals surface area contributed by atoms with Crippen LogP contribution in [0.25, 0.3) is 0 Å². The molecule has 6 nitrogen and oxygen atoms in total. The molecule has 1 amide bonds. The van der Waals surface area contributed by atoms with E-state index in [2.05, 4.69) is 20.3 Å². The number of hydrogen-bond acceptors (Lipinski definition) is 5. The quantitative estimate of drug-likeness (QED) is 0.713. The van der Waals surface area contributed by atoms with E-state index in [0.29, 0.717) is 22.2 Å². The number of halogens is 2. The lowest BCUT2D eigenvalue weighted by atomic mass is 10.2. The normalized spacial score (nSPS) is 10.4. The predicted molar refractivity (Wildman–Crippen MR) is 90.4 cm³/mol. The van der Waals surface area contributed by atoms with Crippen LogP contribution in [0.15, 0.2) is 48.8 Å². The van der Waals surface area contributed by atoms with Crippen LogP contribution < -0.4 is 10.1 Å².